The van der Waals surface area contributed by atoms with Gasteiger partial charge in [-0.05, 0) is 41.9 Å². The van der Waals surface area contributed by atoms with Crippen LogP contribution in [0.5, 0.6) is 0 Å². The van der Waals surface area contributed by atoms with E-state index in [1.165, 1.54) is 6.42 Å². The van der Waals surface area contributed by atoms with Crippen molar-refractivity contribution in [2.24, 2.45) is 41.4 Å². The quantitative estimate of drug-likeness (QED) is 0.622. The van der Waals surface area contributed by atoms with Crippen LogP contribution in [0.4, 0.5) is 0 Å². The van der Waals surface area contributed by atoms with E-state index in [-0.39, 0.29) is 3.23 Å². The fourth-order valence-corrected chi connectivity index (χ4v) is 10.4. The van der Waals surface area contributed by atoms with Crippen LogP contribution < -0.4 is 0 Å². The molecule has 0 heterocycles. The van der Waals surface area contributed by atoms with Crippen LogP contribution in [0.15, 0.2) is 0 Å². The first kappa shape index (κ1) is 9.35. The lowest BCUT2D eigenvalue weighted by atomic mass is 9.69. The second kappa shape index (κ2) is 2.17. The lowest BCUT2D eigenvalue weighted by molar-refractivity contribution is -0.0514. The minimum Gasteiger partial charge on any atom is -0.388 e. The van der Waals surface area contributed by atoms with E-state index in [4.69, 9.17) is 0 Å². The summed E-state index contributed by atoms with van der Waals surface area (Å²) in [6.45, 7) is 0. The summed E-state index contributed by atoms with van der Waals surface area (Å²) in [5.74, 6) is 4.93. The molecule has 82 valence electrons. The van der Waals surface area contributed by atoms with Crippen molar-refractivity contribution >= 4 is 47.8 Å². The van der Waals surface area contributed by atoms with Crippen LogP contribution in [0.1, 0.15) is 6.42 Å². The highest BCUT2D eigenvalue weighted by Gasteiger charge is 2.91. The topological polar surface area (TPSA) is 20.2 Å². The molecule has 1 N–H and O–H groups in total. The van der Waals surface area contributed by atoms with Gasteiger partial charge in [-0.25, -0.2) is 0 Å². The molecule has 4 heteroatoms. The van der Waals surface area contributed by atoms with Crippen molar-refractivity contribution in [1.82, 2.24) is 0 Å². The maximum absolute atomic E-state index is 11.0. The van der Waals surface area contributed by atoms with Gasteiger partial charge in [-0.2, -0.15) is 0 Å². The Bertz CT molecular complexity index is 395. The third kappa shape index (κ3) is 0.609. The summed E-state index contributed by atoms with van der Waals surface area (Å²) in [5, 5.41) is 11.0. The Hall–Kier alpha value is 1.40. The summed E-state index contributed by atoms with van der Waals surface area (Å²) in [4.78, 5) is 0.363. The van der Waals surface area contributed by atoms with Crippen LogP contribution in [0.2, 0.25) is 0 Å². The number of rotatable bonds is 0. The Morgan fingerprint density at radius 1 is 1.07 bits per heavy atom. The van der Waals surface area contributed by atoms with Gasteiger partial charge in [0.1, 0.15) is 0 Å². The highest BCUT2D eigenvalue weighted by Crippen LogP contribution is 2.89. The molecular weight excluding hydrogens is 388 g/mol. The van der Waals surface area contributed by atoms with Crippen molar-refractivity contribution in [3.63, 3.8) is 0 Å². The third-order valence-corrected chi connectivity index (χ3v) is 9.73. The van der Waals surface area contributed by atoms with Crippen molar-refractivity contribution < 1.29 is 5.11 Å². The zero-order valence-electron chi connectivity index (χ0n) is 7.91. The van der Waals surface area contributed by atoms with Gasteiger partial charge in [0.25, 0.3) is 0 Å². The van der Waals surface area contributed by atoms with Crippen LogP contribution in [0.25, 0.3) is 0 Å². The molecule has 0 aromatic carbocycles. The first-order chi connectivity index (χ1) is 7.00. The summed E-state index contributed by atoms with van der Waals surface area (Å²) in [5.41, 5.74) is -0.412. The summed E-state index contributed by atoms with van der Waals surface area (Å²) in [7, 11) is 0. The molecule has 6 bridgehead atoms. The predicted molar refractivity (Wildman–Crippen MR) is 67.3 cm³/mol. The number of hydrogen-bond acceptors (Lipinski definition) is 1. The number of hydrogen-bond donors (Lipinski definition) is 1. The molecule has 0 aromatic heterocycles. The molecule has 6 aliphatic carbocycles. The Morgan fingerprint density at radius 2 is 1.73 bits per heavy atom. The van der Waals surface area contributed by atoms with E-state index in [0.29, 0.717) is 22.6 Å². The number of aliphatic hydroxyl groups is 1. The molecule has 0 amide bonds. The smallest absolute Gasteiger partial charge is 0.0898 e. The first-order valence-corrected chi connectivity index (χ1v) is 8.25. The lowest BCUT2D eigenvalue weighted by Crippen LogP contribution is -2.46. The van der Waals surface area contributed by atoms with Crippen molar-refractivity contribution in [3.05, 3.63) is 0 Å². The van der Waals surface area contributed by atoms with Crippen LogP contribution in [-0.4, -0.2) is 18.8 Å². The van der Waals surface area contributed by atoms with E-state index in [1.54, 1.807) is 0 Å². The van der Waals surface area contributed by atoms with Gasteiger partial charge in [0.2, 0.25) is 0 Å². The Kier molecular flexibility index (Phi) is 1.35. The highest BCUT2D eigenvalue weighted by molar-refractivity contribution is 9.25. The van der Waals surface area contributed by atoms with Crippen molar-refractivity contribution in [2.75, 3.05) is 0 Å². The minimum atomic E-state index is -0.412. The average molecular weight is 399 g/mol. The summed E-state index contributed by atoms with van der Waals surface area (Å²) in [6.07, 6.45) is 1.38. The zero-order chi connectivity index (χ0) is 10.3. The van der Waals surface area contributed by atoms with Crippen LogP contribution >= 0.6 is 47.8 Å². The summed E-state index contributed by atoms with van der Waals surface area (Å²) < 4.78 is 0.0424. The van der Waals surface area contributed by atoms with E-state index in [2.05, 4.69) is 47.8 Å². The second-order valence-electron chi connectivity index (χ2n) is 6.21. The fourth-order valence-electron chi connectivity index (χ4n) is 6.49. The molecule has 9 atom stereocenters. The largest absolute Gasteiger partial charge is 0.388 e. The molecule has 15 heavy (non-hydrogen) atoms. The molecule has 0 saturated heterocycles. The maximum Gasteiger partial charge on any atom is 0.0898 e. The first-order valence-electron chi connectivity index (χ1n) is 5.75. The fraction of sp³-hybridized carbons (Fsp3) is 1.00. The SMILES string of the molecule is O[C@@]12[C@H]3[C@@H]4C[C@H]5[C@H]([C@H]4[C@H]1Br)[C@H]2C(Br)(Br)[C@H]53. The Labute approximate surface area is 114 Å². The van der Waals surface area contributed by atoms with Gasteiger partial charge in [-0.15, -0.1) is 0 Å². The third-order valence-electron chi connectivity index (χ3n) is 6.34. The molecule has 6 rings (SSSR count). The van der Waals surface area contributed by atoms with Crippen molar-refractivity contribution in [2.45, 2.75) is 20.1 Å². The molecule has 0 unspecified atom stereocenters. The average Bonchev–Trinajstić information content (AvgIpc) is 2.81. The second-order valence-corrected chi connectivity index (χ2v) is 10.9. The van der Waals surface area contributed by atoms with Gasteiger partial charge in [0, 0.05) is 10.7 Å². The van der Waals surface area contributed by atoms with Crippen LogP contribution in [0, 0.1) is 41.4 Å². The molecule has 0 spiro atoms. The van der Waals surface area contributed by atoms with E-state index < -0.39 is 5.60 Å². The Balaban J connectivity index is 1.88. The van der Waals surface area contributed by atoms with E-state index in [9.17, 15) is 5.11 Å². The van der Waals surface area contributed by atoms with Crippen LogP contribution in [-0.2, 0) is 0 Å². The number of alkyl halides is 3. The monoisotopic (exact) mass is 396 g/mol. The molecular formula is C11H11Br3O. The highest BCUT2D eigenvalue weighted by atomic mass is 79.9. The van der Waals surface area contributed by atoms with Gasteiger partial charge in [0.05, 0.1) is 8.83 Å². The molecule has 6 saturated carbocycles. The van der Waals surface area contributed by atoms with Crippen LogP contribution in [0.3, 0.4) is 0 Å². The molecule has 0 aliphatic heterocycles. The molecule has 0 radical (unpaired) electrons. The van der Waals surface area contributed by atoms with Gasteiger partial charge in [-0.1, -0.05) is 47.8 Å². The molecule has 6 aliphatic rings. The van der Waals surface area contributed by atoms with Gasteiger partial charge in [0.15, 0.2) is 0 Å². The van der Waals surface area contributed by atoms with Gasteiger partial charge < -0.3 is 5.11 Å². The van der Waals surface area contributed by atoms with E-state index in [0.717, 1.165) is 23.7 Å². The van der Waals surface area contributed by atoms with E-state index in [1.807, 2.05) is 0 Å². The maximum atomic E-state index is 11.0. The van der Waals surface area contributed by atoms with E-state index >= 15 is 0 Å². The molecule has 6 fully saturated rings. The zero-order valence-corrected chi connectivity index (χ0v) is 12.7. The summed E-state index contributed by atoms with van der Waals surface area (Å²) in [6, 6.07) is 0. The minimum absolute atomic E-state index is 0.0424. The molecule has 1 nitrogen and oxygen atoms in total. The van der Waals surface area contributed by atoms with Crippen molar-refractivity contribution in [1.29, 1.82) is 0 Å². The Morgan fingerprint density at radius 3 is 2.40 bits per heavy atom. The van der Waals surface area contributed by atoms with Crippen molar-refractivity contribution in [3.8, 4) is 0 Å². The normalized spacial score (nSPS) is 79.2. The predicted octanol–water partition coefficient (Wildman–Crippen LogP) is 2.74. The van der Waals surface area contributed by atoms with Gasteiger partial charge >= 0.3 is 0 Å². The number of halogens is 3. The standard InChI is InChI=1S/C11H11Br3O/c12-9-5-3-1-2-4(5)8-10(9,15)6(3)7(2)11(8,13)14/h2-9,15H,1H2/t2-,3+,4+,5-,6-,7+,8+,9+,10+/m0/s1. The molecule has 0 aromatic rings. The summed E-state index contributed by atoms with van der Waals surface area (Å²) >= 11 is 11.6. The van der Waals surface area contributed by atoms with Gasteiger partial charge in [-0.3, -0.25) is 0 Å². The lowest BCUT2D eigenvalue weighted by Gasteiger charge is -2.38.